The summed E-state index contributed by atoms with van der Waals surface area (Å²) in [6.45, 7) is -0.225. The van der Waals surface area contributed by atoms with E-state index in [-0.39, 0.29) is 13.2 Å². The largest absolute Gasteiger partial charge is 0.480 e. The number of hydrogen-bond donors (Lipinski definition) is 2. The predicted octanol–water partition coefficient (Wildman–Crippen LogP) is 0.867. The van der Waals surface area contributed by atoms with Gasteiger partial charge in [-0.2, -0.15) is 0 Å². The molecule has 1 aliphatic heterocycles. The lowest BCUT2D eigenvalue weighted by atomic mass is 9.85. The number of aromatic nitrogens is 1. The zero-order valence-electron chi connectivity index (χ0n) is 9.75. The van der Waals surface area contributed by atoms with Gasteiger partial charge in [0.2, 0.25) is 5.91 Å². The predicted molar refractivity (Wildman–Crippen MR) is 63.5 cm³/mol. The number of nitrogens with one attached hydrogen (secondary N) is 1. The van der Waals surface area contributed by atoms with Gasteiger partial charge in [0.05, 0.1) is 13.2 Å². The summed E-state index contributed by atoms with van der Waals surface area (Å²) in [6.07, 6.45) is 1.30. The maximum absolute atomic E-state index is 12.0. The van der Waals surface area contributed by atoms with Gasteiger partial charge in [0, 0.05) is 11.8 Å². The van der Waals surface area contributed by atoms with E-state index in [1.165, 1.54) is 6.39 Å². The second-order valence-electron chi connectivity index (χ2n) is 4.37. The second-order valence-corrected chi connectivity index (χ2v) is 4.37. The van der Waals surface area contributed by atoms with Crippen LogP contribution in [0.5, 0.6) is 0 Å². The van der Waals surface area contributed by atoms with Crippen molar-refractivity contribution in [2.75, 3.05) is 18.5 Å². The van der Waals surface area contributed by atoms with Crippen LogP contribution >= 0.6 is 0 Å². The molecule has 2 N–H and O–H groups in total. The smallest absolute Gasteiger partial charge is 0.324 e. The summed E-state index contributed by atoms with van der Waals surface area (Å²) in [7, 11) is 0. The Kier molecular flexibility index (Phi) is 2.49. The van der Waals surface area contributed by atoms with Gasteiger partial charge in [-0.05, 0) is 12.1 Å². The number of amides is 1. The van der Waals surface area contributed by atoms with Crippen molar-refractivity contribution < 1.29 is 23.8 Å². The van der Waals surface area contributed by atoms with Gasteiger partial charge in [-0.25, -0.2) is 4.98 Å². The Morgan fingerprint density at radius 1 is 1.37 bits per heavy atom. The minimum Gasteiger partial charge on any atom is -0.480 e. The van der Waals surface area contributed by atoms with E-state index in [1.54, 1.807) is 18.2 Å². The highest BCUT2D eigenvalue weighted by molar-refractivity contribution is 6.09. The molecular weight excluding hydrogens is 252 g/mol. The highest BCUT2D eigenvalue weighted by Gasteiger charge is 2.53. The number of carbonyl (C=O) groups is 2. The SMILES string of the molecule is O=C(O)C1(C(=O)Nc2ccc3ncoc3c2)COC1. The molecular formula is C12H10N2O5. The number of rotatable bonds is 3. The Morgan fingerprint density at radius 2 is 2.16 bits per heavy atom. The first-order chi connectivity index (χ1) is 9.12. The van der Waals surface area contributed by atoms with E-state index in [9.17, 15) is 9.59 Å². The standard InChI is InChI=1S/C12H10N2O5/c15-10(12(11(16)17)4-18-5-12)14-7-1-2-8-9(3-7)19-6-13-8/h1-3,6H,4-5H2,(H,14,15)(H,16,17). The number of aliphatic carboxylic acids is 1. The molecule has 0 spiro atoms. The third-order valence-corrected chi connectivity index (χ3v) is 3.13. The highest BCUT2D eigenvalue weighted by Crippen LogP contribution is 2.30. The molecule has 0 atom stereocenters. The van der Waals surface area contributed by atoms with Gasteiger partial charge in [-0.1, -0.05) is 0 Å². The molecule has 2 heterocycles. The summed E-state index contributed by atoms with van der Waals surface area (Å²) >= 11 is 0. The topological polar surface area (TPSA) is 102 Å². The minimum atomic E-state index is -1.49. The van der Waals surface area contributed by atoms with Gasteiger partial charge in [-0.3, -0.25) is 9.59 Å². The molecule has 0 unspecified atom stereocenters. The van der Waals surface area contributed by atoms with Crippen LogP contribution in [0.3, 0.4) is 0 Å². The molecule has 1 aromatic heterocycles. The van der Waals surface area contributed by atoms with E-state index in [0.29, 0.717) is 16.8 Å². The first-order valence-corrected chi connectivity index (χ1v) is 5.58. The quantitative estimate of drug-likeness (QED) is 0.796. The lowest BCUT2D eigenvalue weighted by molar-refractivity contribution is -0.182. The number of fused-ring (bicyclic) bond motifs is 1. The van der Waals surface area contributed by atoms with E-state index in [4.69, 9.17) is 14.3 Å². The van der Waals surface area contributed by atoms with E-state index in [2.05, 4.69) is 10.3 Å². The van der Waals surface area contributed by atoms with Gasteiger partial charge >= 0.3 is 5.97 Å². The zero-order valence-corrected chi connectivity index (χ0v) is 9.75. The maximum Gasteiger partial charge on any atom is 0.324 e. The van der Waals surface area contributed by atoms with Crippen molar-refractivity contribution >= 4 is 28.7 Å². The van der Waals surface area contributed by atoms with E-state index < -0.39 is 17.3 Å². The summed E-state index contributed by atoms with van der Waals surface area (Å²) in [5.41, 5.74) is 0.155. The van der Waals surface area contributed by atoms with Gasteiger partial charge in [0.15, 0.2) is 17.4 Å². The Labute approximate surface area is 107 Å². The van der Waals surface area contributed by atoms with Crippen molar-refractivity contribution in [3.63, 3.8) is 0 Å². The monoisotopic (exact) mass is 262 g/mol. The number of carboxylic acids is 1. The fourth-order valence-corrected chi connectivity index (χ4v) is 1.84. The second kappa shape index (κ2) is 4.06. The molecule has 0 aliphatic carbocycles. The highest BCUT2D eigenvalue weighted by atomic mass is 16.5. The lowest BCUT2D eigenvalue weighted by Crippen LogP contribution is -2.57. The van der Waals surface area contributed by atoms with Crippen LogP contribution in [0, 0.1) is 5.41 Å². The third kappa shape index (κ3) is 1.75. The number of anilines is 1. The van der Waals surface area contributed by atoms with Crippen molar-refractivity contribution in [1.29, 1.82) is 0 Å². The first kappa shape index (κ1) is 11.7. The van der Waals surface area contributed by atoms with Crippen LogP contribution in [0.15, 0.2) is 29.0 Å². The number of hydrogen-bond acceptors (Lipinski definition) is 5. The number of nitrogens with zero attached hydrogens (tertiary/aromatic N) is 1. The van der Waals surface area contributed by atoms with Crippen LogP contribution in [-0.4, -0.2) is 35.2 Å². The molecule has 1 aromatic carbocycles. The molecule has 98 valence electrons. The van der Waals surface area contributed by atoms with Crippen LogP contribution in [0.25, 0.3) is 11.1 Å². The summed E-state index contributed by atoms with van der Waals surface area (Å²) in [5.74, 6) is -1.78. The summed E-state index contributed by atoms with van der Waals surface area (Å²) in [6, 6.07) is 4.91. The Balaban J connectivity index is 1.84. The van der Waals surface area contributed by atoms with Crippen LogP contribution in [0.4, 0.5) is 5.69 Å². The molecule has 7 heteroatoms. The number of benzene rings is 1. The van der Waals surface area contributed by atoms with Crippen LogP contribution < -0.4 is 5.32 Å². The number of carboxylic acid groups (broad SMARTS) is 1. The van der Waals surface area contributed by atoms with Gasteiger partial charge in [-0.15, -0.1) is 0 Å². The maximum atomic E-state index is 12.0. The lowest BCUT2D eigenvalue weighted by Gasteiger charge is -2.35. The van der Waals surface area contributed by atoms with Gasteiger partial charge < -0.3 is 19.6 Å². The van der Waals surface area contributed by atoms with Crippen molar-refractivity contribution in [3.05, 3.63) is 24.6 Å². The van der Waals surface area contributed by atoms with Crippen molar-refractivity contribution in [2.45, 2.75) is 0 Å². The van der Waals surface area contributed by atoms with Crippen molar-refractivity contribution in [3.8, 4) is 0 Å². The average Bonchev–Trinajstić information content (AvgIpc) is 2.73. The Morgan fingerprint density at radius 3 is 2.79 bits per heavy atom. The summed E-state index contributed by atoms with van der Waals surface area (Å²) in [4.78, 5) is 27.1. The molecule has 0 radical (unpaired) electrons. The molecule has 1 saturated heterocycles. The first-order valence-electron chi connectivity index (χ1n) is 5.58. The summed E-state index contributed by atoms with van der Waals surface area (Å²) < 4.78 is 9.96. The fourth-order valence-electron chi connectivity index (χ4n) is 1.84. The molecule has 1 fully saturated rings. The van der Waals surface area contributed by atoms with E-state index >= 15 is 0 Å². The van der Waals surface area contributed by atoms with Gasteiger partial charge in [0.1, 0.15) is 5.52 Å². The molecule has 0 bridgehead atoms. The van der Waals surface area contributed by atoms with Crippen LogP contribution in [-0.2, 0) is 14.3 Å². The molecule has 1 aliphatic rings. The minimum absolute atomic E-state index is 0.112. The van der Waals surface area contributed by atoms with Crippen molar-refractivity contribution in [2.24, 2.45) is 5.41 Å². The van der Waals surface area contributed by atoms with E-state index in [1.807, 2.05) is 0 Å². The third-order valence-electron chi connectivity index (χ3n) is 3.13. The molecule has 0 saturated carbocycles. The average molecular weight is 262 g/mol. The zero-order chi connectivity index (χ0) is 13.5. The van der Waals surface area contributed by atoms with Crippen LogP contribution in [0.1, 0.15) is 0 Å². The molecule has 2 aromatic rings. The van der Waals surface area contributed by atoms with Crippen LogP contribution in [0.2, 0.25) is 0 Å². The van der Waals surface area contributed by atoms with Gasteiger partial charge in [0.25, 0.3) is 0 Å². The van der Waals surface area contributed by atoms with E-state index in [0.717, 1.165) is 0 Å². The molecule has 3 rings (SSSR count). The normalized spacial score (nSPS) is 16.8. The molecule has 7 nitrogen and oxygen atoms in total. The number of carbonyl (C=O) groups excluding carboxylic acids is 1. The number of oxazole rings is 1. The molecule has 19 heavy (non-hydrogen) atoms. The molecule has 1 amide bonds. The Hall–Kier alpha value is -2.41. The van der Waals surface area contributed by atoms with Crippen molar-refractivity contribution in [1.82, 2.24) is 4.98 Å². The number of ether oxygens (including phenoxy) is 1. The Bertz CT molecular complexity index is 659. The fraction of sp³-hybridized carbons (Fsp3) is 0.250. The summed E-state index contributed by atoms with van der Waals surface area (Å²) in [5, 5.41) is 11.7.